The van der Waals surface area contributed by atoms with Crippen LogP contribution in [0.5, 0.6) is 0 Å². The van der Waals surface area contributed by atoms with E-state index in [0.717, 1.165) is 13.1 Å². The number of nitrogens with zero attached hydrogens (tertiary/aromatic N) is 1. The maximum Gasteiger partial charge on any atom is 0.325 e. The van der Waals surface area contributed by atoms with Gasteiger partial charge in [0, 0.05) is 13.1 Å². The molecule has 1 saturated heterocycles. The van der Waals surface area contributed by atoms with Crippen LogP contribution in [0.15, 0.2) is 11.6 Å². The third-order valence-electron chi connectivity index (χ3n) is 2.45. The Balaban J connectivity index is 2.57. The van der Waals surface area contributed by atoms with E-state index in [1.807, 2.05) is 13.8 Å². The third-order valence-corrected chi connectivity index (χ3v) is 2.45. The summed E-state index contributed by atoms with van der Waals surface area (Å²) in [5.41, 5.74) is 1.25. The van der Waals surface area contributed by atoms with E-state index in [-0.39, 0.29) is 12.0 Å². The molecule has 15 heavy (non-hydrogen) atoms. The molecule has 1 rings (SSSR count). The molecule has 1 aliphatic rings. The van der Waals surface area contributed by atoms with Gasteiger partial charge in [-0.15, -0.1) is 0 Å². The zero-order valence-electron chi connectivity index (χ0n) is 9.66. The lowest BCUT2D eigenvalue weighted by Gasteiger charge is -2.32. The van der Waals surface area contributed by atoms with Gasteiger partial charge in [0.15, 0.2) is 0 Å². The Morgan fingerprint density at radius 1 is 1.60 bits per heavy atom. The third kappa shape index (κ3) is 3.64. The second-order valence-corrected chi connectivity index (χ2v) is 3.89. The SMILES string of the molecule is COC(=O)C1COCCN1CC=C(C)C. The summed E-state index contributed by atoms with van der Waals surface area (Å²) in [5, 5.41) is 0. The number of esters is 1. The van der Waals surface area contributed by atoms with Crippen molar-refractivity contribution in [3.8, 4) is 0 Å². The van der Waals surface area contributed by atoms with Gasteiger partial charge in [0.05, 0.1) is 20.3 Å². The molecule has 0 saturated carbocycles. The highest BCUT2D eigenvalue weighted by Gasteiger charge is 2.29. The van der Waals surface area contributed by atoms with Crippen LogP contribution in [0.3, 0.4) is 0 Å². The molecule has 0 N–H and O–H groups in total. The highest BCUT2D eigenvalue weighted by molar-refractivity contribution is 5.75. The number of hydrogen-bond donors (Lipinski definition) is 0. The lowest BCUT2D eigenvalue weighted by molar-refractivity contribution is -0.152. The average Bonchev–Trinajstić information content (AvgIpc) is 2.25. The fourth-order valence-electron chi connectivity index (χ4n) is 1.51. The first-order valence-electron chi connectivity index (χ1n) is 5.18. The Kier molecular flexibility index (Phi) is 4.78. The Labute approximate surface area is 90.8 Å². The first kappa shape index (κ1) is 12.2. The van der Waals surface area contributed by atoms with Crippen LogP contribution in [0.25, 0.3) is 0 Å². The monoisotopic (exact) mass is 213 g/mol. The van der Waals surface area contributed by atoms with E-state index >= 15 is 0 Å². The smallest absolute Gasteiger partial charge is 0.325 e. The second-order valence-electron chi connectivity index (χ2n) is 3.89. The van der Waals surface area contributed by atoms with Crippen LogP contribution in [0, 0.1) is 0 Å². The highest BCUT2D eigenvalue weighted by atomic mass is 16.5. The van der Waals surface area contributed by atoms with Gasteiger partial charge in [-0.1, -0.05) is 11.6 Å². The summed E-state index contributed by atoms with van der Waals surface area (Å²) >= 11 is 0. The Bertz CT molecular complexity index is 246. The van der Waals surface area contributed by atoms with Gasteiger partial charge < -0.3 is 9.47 Å². The van der Waals surface area contributed by atoms with E-state index in [0.29, 0.717) is 13.2 Å². The summed E-state index contributed by atoms with van der Waals surface area (Å²) in [6, 6.07) is -0.251. The minimum atomic E-state index is -0.251. The normalized spacial score (nSPS) is 22.2. The molecule has 0 aromatic heterocycles. The van der Waals surface area contributed by atoms with Crippen LogP contribution in [0.4, 0.5) is 0 Å². The Hall–Kier alpha value is -0.870. The number of rotatable bonds is 3. The van der Waals surface area contributed by atoms with Crippen molar-refractivity contribution in [2.75, 3.05) is 33.4 Å². The maximum absolute atomic E-state index is 11.5. The maximum atomic E-state index is 11.5. The molecule has 0 aromatic rings. The van der Waals surface area contributed by atoms with Crippen LogP contribution < -0.4 is 0 Å². The second kappa shape index (κ2) is 5.88. The molecule has 1 atom stereocenters. The van der Waals surface area contributed by atoms with Crippen molar-refractivity contribution >= 4 is 5.97 Å². The molecule has 0 bridgehead atoms. The minimum Gasteiger partial charge on any atom is -0.468 e. The highest BCUT2D eigenvalue weighted by Crippen LogP contribution is 2.08. The summed E-state index contributed by atoms with van der Waals surface area (Å²) in [6.07, 6.45) is 2.11. The predicted molar refractivity (Wildman–Crippen MR) is 57.6 cm³/mol. The van der Waals surface area contributed by atoms with Crippen LogP contribution in [0.2, 0.25) is 0 Å². The molecule has 0 aromatic carbocycles. The van der Waals surface area contributed by atoms with E-state index < -0.39 is 0 Å². The minimum absolute atomic E-state index is 0.211. The number of carbonyl (C=O) groups excluding carboxylic acids is 1. The van der Waals surface area contributed by atoms with Gasteiger partial charge in [0.2, 0.25) is 0 Å². The molecule has 0 radical (unpaired) electrons. The van der Waals surface area contributed by atoms with Crippen LogP contribution in [-0.4, -0.2) is 50.3 Å². The Morgan fingerprint density at radius 3 is 2.93 bits per heavy atom. The zero-order chi connectivity index (χ0) is 11.3. The molecule has 1 fully saturated rings. The number of hydrogen-bond acceptors (Lipinski definition) is 4. The summed E-state index contributed by atoms with van der Waals surface area (Å²) in [6.45, 7) is 6.78. The molecule has 4 nitrogen and oxygen atoms in total. The van der Waals surface area contributed by atoms with Crippen LogP contribution in [0.1, 0.15) is 13.8 Å². The number of ether oxygens (including phenoxy) is 2. The number of allylic oxidation sites excluding steroid dienone is 1. The first-order valence-corrected chi connectivity index (χ1v) is 5.18. The van der Waals surface area contributed by atoms with E-state index in [1.165, 1.54) is 12.7 Å². The van der Waals surface area contributed by atoms with Crippen LogP contribution >= 0.6 is 0 Å². The fourth-order valence-corrected chi connectivity index (χ4v) is 1.51. The Morgan fingerprint density at radius 2 is 2.33 bits per heavy atom. The molecule has 4 heteroatoms. The first-order chi connectivity index (χ1) is 7.15. The summed E-state index contributed by atoms with van der Waals surface area (Å²) in [7, 11) is 1.41. The molecule has 0 aliphatic carbocycles. The van der Waals surface area contributed by atoms with Gasteiger partial charge in [-0.25, -0.2) is 0 Å². The quantitative estimate of drug-likeness (QED) is 0.514. The zero-order valence-corrected chi connectivity index (χ0v) is 9.66. The topological polar surface area (TPSA) is 38.8 Å². The van der Waals surface area contributed by atoms with Crippen molar-refractivity contribution in [2.24, 2.45) is 0 Å². The van der Waals surface area contributed by atoms with E-state index in [9.17, 15) is 4.79 Å². The predicted octanol–water partition coefficient (Wildman–Crippen LogP) is 0.826. The van der Waals surface area contributed by atoms with Crippen molar-refractivity contribution < 1.29 is 14.3 Å². The van der Waals surface area contributed by atoms with E-state index in [4.69, 9.17) is 9.47 Å². The molecule has 1 heterocycles. The van der Waals surface area contributed by atoms with Gasteiger partial charge in [-0.2, -0.15) is 0 Å². The van der Waals surface area contributed by atoms with Gasteiger partial charge in [0.1, 0.15) is 6.04 Å². The summed E-state index contributed by atoms with van der Waals surface area (Å²) in [5.74, 6) is -0.211. The van der Waals surface area contributed by atoms with Crippen LogP contribution in [-0.2, 0) is 14.3 Å². The standard InChI is InChI=1S/C11H19NO3/c1-9(2)4-5-12-6-7-15-8-10(12)11(13)14-3/h4,10H,5-8H2,1-3H3. The molecule has 86 valence electrons. The average molecular weight is 213 g/mol. The van der Waals surface area contributed by atoms with Gasteiger partial charge in [-0.3, -0.25) is 9.69 Å². The van der Waals surface area contributed by atoms with Gasteiger partial charge in [0.25, 0.3) is 0 Å². The van der Waals surface area contributed by atoms with Gasteiger partial charge >= 0.3 is 5.97 Å². The molecular weight excluding hydrogens is 194 g/mol. The molecule has 1 aliphatic heterocycles. The molecule has 1 unspecified atom stereocenters. The van der Waals surface area contributed by atoms with Crippen molar-refractivity contribution in [3.05, 3.63) is 11.6 Å². The summed E-state index contributed by atoms with van der Waals surface area (Å²) in [4.78, 5) is 13.5. The van der Waals surface area contributed by atoms with Crippen molar-refractivity contribution in [3.63, 3.8) is 0 Å². The lowest BCUT2D eigenvalue weighted by Crippen LogP contribution is -2.50. The van der Waals surface area contributed by atoms with E-state index in [1.54, 1.807) is 0 Å². The van der Waals surface area contributed by atoms with Crippen molar-refractivity contribution in [2.45, 2.75) is 19.9 Å². The molecular formula is C11H19NO3. The lowest BCUT2D eigenvalue weighted by atomic mass is 10.2. The number of methoxy groups -OCH3 is 1. The van der Waals surface area contributed by atoms with E-state index in [2.05, 4.69) is 11.0 Å². The number of morpholine rings is 1. The molecule has 0 spiro atoms. The van der Waals surface area contributed by atoms with Crippen molar-refractivity contribution in [1.29, 1.82) is 0 Å². The number of carbonyl (C=O) groups is 1. The largest absolute Gasteiger partial charge is 0.468 e. The fraction of sp³-hybridized carbons (Fsp3) is 0.727. The summed E-state index contributed by atoms with van der Waals surface area (Å²) < 4.78 is 10.0. The van der Waals surface area contributed by atoms with Crippen molar-refractivity contribution in [1.82, 2.24) is 4.90 Å². The van der Waals surface area contributed by atoms with Gasteiger partial charge in [-0.05, 0) is 13.8 Å². The molecule has 0 amide bonds.